The van der Waals surface area contributed by atoms with Crippen LogP contribution in [0.15, 0.2) is 24.3 Å². The molecule has 1 aliphatic heterocycles. The molecule has 1 amide bonds. The highest BCUT2D eigenvalue weighted by Crippen LogP contribution is 2.13. The maximum absolute atomic E-state index is 12.6. The first kappa shape index (κ1) is 8.99. The first-order valence-electron chi connectivity index (χ1n) is 4.55. The number of hydrogen-bond acceptors (Lipinski definition) is 2. The van der Waals surface area contributed by atoms with Crippen LogP contribution < -0.4 is 10.6 Å². The molecule has 1 atom stereocenters. The van der Waals surface area contributed by atoms with E-state index in [1.807, 2.05) is 0 Å². The van der Waals surface area contributed by atoms with Crippen molar-refractivity contribution in [2.24, 2.45) is 0 Å². The van der Waals surface area contributed by atoms with Gasteiger partial charge in [-0.25, -0.2) is 4.39 Å². The second kappa shape index (κ2) is 3.65. The zero-order chi connectivity index (χ0) is 9.97. The smallest absolute Gasteiger partial charge is 0.221 e. The zero-order valence-electron chi connectivity index (χ0n) is 7.59. The van der Waals surface area contributed by atoms with E-state index < -0.39 is 0 Å². The molecule has 1 aromatic rings. The van der Waals surface area contributed by atoms with Crippen LogP contribution in [0.3, 0.4) is 0 Å². The van der Waals surface area contributed by atoms with E-state index in [0.29, 0.717) is 6.42 Å². The van der Waals surface area contributed by atoms with Crippen LogP contribution in [0.5, 0.6) is 0 Å². The van der Waals surface area contributed by atoms with E-state index in [4.69, 9.17) is 0 Å². The van der Waals surface area contributed by atoms with Crippen LogP contribution in [0.1, 0.15) is 12.8 Å². The van der Waals surface area contributed by atoms with E-state index in [1.54, 1.807) is 12.1 Å². The Labute approximate surface area is 81.3 Å². The molecular formula is C10H11FN2O. The molecule has 1 unspecified atom stereocenters. The molecule has 0 aromatic heterocycles. The van der Waals surface area contributed by atoms with Gasteiger partial charge in [0.25, 0.3) is 0 Å². The summed E-state index contributed by atoms with van der Waals surface area (Å²) in [4.78, 5) is 10.9. The molecule has 1 saturated heterocycles. The number of carbonyl (C=O) groups is 1. The fourth-order valence-corrected chi connectivity index (χ4v) is 1.47. The highest BCUT2D eigenvalue weighted by Gasteiger charge is 2.19. The van der Waals surface area contributed by atoms with Crippen LogP contribution in [0.2, 0.25) is 0 Å². The Morgan fingerprint density at radius 3 is 2.64 bits per heavy atom. The highest BCUT2D eigenvalue weighted by molar-refractivity contribution is 5.78. The molecule has 14 heavy (non-hydrogen) atoms. The van der Waals surface area contributed by atoms with Crippen molar-refractivity contribution >= 4 is 11.6 Å². The summed E-state index contributed by atoms with van der Waals surface area (Å²) in [5.74, 6) is -0.199. The molecule has 1 aromatic carbocycles. The van der Waals surface area contributed by atoms with Gasteiger partial charge in [0.05, 0.1) is 6.17 Å². The molecule has 0 bridgehead atoms. The third-order valence-electron chi connectivity index (χ3n) is 2.18. The van der Waals surface area contributed by atoms with Gasteiger partial charge in [0, 0.05) is 12.1 Å². The predicted molar refractivity (Wildman–Crippen MR) is 51.2 cm³/mol. The number of carbonyl (C=O) groups excluding carboxylic acids is 1. The summed E-state index contributed by atoms with van der Waals surface area (Å²) < 4.78 is 12.6. The van der Waals surface area contributed by atoms with Crippen LogP contribution in [0.25, 0.3) is 0 Å². The van der Waals surface area contributed by atoms with Crippen molar-refractivity contribution in [1.82, 2.24) is 5.32 Å². The molecule has 0 aliphatic carbocycles. The van der Waals surface area contributed by atoms with Crippen molar-refractivity contribution in [3.63, 3.8) is 0 Å². The summed E-state index contributed by atoms with van der Waals surface area (Å²) in [6.45, 7) is 0. The average molecular weight is 194 g/mol. The van der Waals surface area contributed by atoms with Gasteiger partial charge in [-0.15, -0.1) is 0 Å². The molecule has 2 N–H and O–H groups in total. The van der Waals surface area contributed by atoms with E-state index in [9.17, 15) is 9.18 Å². The summed E-state index contributed by atoms with van der Waals surface area (Å²) in [6.07, 6.45) is 1.31. The Morgan fingerprint density at radius 2 is 2.07 bits per heavy atom. The topological polar surface area (TPSA) is 41.1 Å². The molecule has 3 nitrogen and oxygen atoms in total. The Bertz CT molecular complexity index is 336. The number of halogens is 1. The maximum atomic E-state index is 12.6. The highest BCUT2D eigenvalue weighted by atomic mass is 19.1. The van der Waals surface area contributed by atoms with Gasteiger partial charge in [0.1, 0.15) is 5.82 Å². The van der Waals surface area contributed by atoms with Crippen LogP contribution in [0.4, 0.5) is 10.1 Å². The van der Waals surface area contributed by atoms with E-state index in [2.05, 4.69) is 10.6 Å². The van der Waals surface area contributed by atoms with Crippen LogP contribution in [0, 0.1) is 5.82 Å². The Morgan fingerprint density at radius 1 is 1.36 bits per heavy atom. The van der Waals surface area contributed by atoms with Gasteiger partial charge in [-0.2, -0.15) is 0 Å². The SMILES string of the molecule is O=C1CCC(Nc2ccc(F)cc2)N1. The van der Waals surface area contributed by atoms with Crippen molar-refractivity contribution in [1.29, 1.82) is 0 Å². The number of nitrogens with one attached hydrogen (secondary N) is 2. The lowest BCUT2D eigenvalue weighted by atomic mass is 10.3. The fourth-order valence-electron chi connectivity index (χ4n) is 1.47. The third-order valence-corrected chi connectivity index (χ3v) is 2.18. The number of hydrogen-bond donors (Lipinski definition) is 2. The molecule has 0 saturated carbocycles. The number of rotatable bonds is 2. The standard InChI is InChI=1S/C10H11FN2O/c11-7-1-3-8(4-2-7)12-9-5-6-10(14)13-9/h1-4,9,12H,5-6H2,(H,13,14). The van der Waals surface area contributed by atoms with Crippen LogP contribution in [-0.2, 0) is 4.79 Å². The average Bonchev–Trinajstić information content (AvgIpc) is 2.56. The molecule has 2 rings (SSSR count). The normalized spacial score (nSPS) is 20.6. The largest absolute Gasteiger partial charge is 0.365 e. The maximum Gasteiger partial charge on any atom is 0.221 e. The van der Waals surface area contributed by atoms with Crippen molar-refractivity contribution in [3.8, 4) is 0 Å². The quantitative estimate of drug-likeness (QED) is 0.748. The summed E-state index contributed by atoms with van der Waals surface area (Å²) in [6, 6.07) is 6.08. The van der Waals surface area contributed by atoms with E-state index in [-0.39, 0.29) is 17.9 Å². The third kappa shape index (κ3) is 2.02. The molecule has 4 heteroatoms. The Balaban J connectivity index is 1.97. The predicted octanol–water partition coefficient (Wildman–Crippen LogP) is 1.47. The Hall–Kier alpha value is -1.58. The van der Waals surface area contributed by atoms with Gasteiger partial charge >= 0.3 is 0 Å². The lowest BCUT2D eigenvalue weighted by molar-refractivity contribution is -0.119. The zero-order valence-corrected chi connectivity index (χ0v) is 7.59. The first-order valence-corrected chi connectivity index (χ1v) is 4.55. The second-order valence-corrected chi connectivity index (χ2v) is 3.31. The second-order valence-electron chi connectivity index (χ2n) is 3.31. The molecule has 1 aliphatic rings. The van der Waals surface area contributed by atoms with E-state index in [0.717, 1.165) is 12.1 Å². The number of amides is 1. The van der Waals surface area contributed by atoms with E-state index in [1.165, 1.54) is 12.1 Å². The van der Waals surface area contributed by atoms with Crippen molar-refractivity contribution in [2.45, 2.75) is 19.0 Å². The van der Waals surface area contributed by atoms with Crippen LogP contribution in [-0.4, -0.2) is 12.1 Å². The number of benzene rings is 1. The molecule has 0 radical (unpaired) electrons. The summed E-state index contributed by atoms with van der Waals surface area (Å²) in [7, 11) is 0. The molecule has 1 fully saturated rings. The van der Waals surface area contributed by atoms with Gasteiger partial charge in [-0.05, 0) is 30.7 Å². The first-order chi connectivity index (χ1) is 6.74. The van der Waals surface area contributed by atoms with Gasteiger partial charge in [0.2, 0.25) is 5.91 Å². The Kier molecular flexibility index (Phi) is 2.35. The van der Waals surface area contributed by atoms with Gasteiger partial charge < -0.3 is 10.6 Å². The van der Waals surface area contributed by atoms with Gasteiger partial charge in [-0.1, -0.05) is 0 Å². The molecule has 74 valence electrons. The van der Waals surface area contributed by atoms with Gasteiger partial charge in [0.15, 0.2) is 0 Å². The number of anilines is 1. The lowest BCUT2D eigenvalue weighted by Crippen LogP contribution is -2.32. The van der Waals surface area contributed by atoms with Crippen LogP contribution >= 0.6 is 0 Å². The molecule has 0 spiro atoms. The molecular weight excluding hydrogens is 183 g/mol. The van der Waals surface area contributed by atoms with Gasteiger partial charge in [-0.3, -0.25) is 4.79 Å². The lowest BCUT2D eigenvalue weighted by Gasteiger charge is -2.13. The fraction of sp³-hybridized carbons (Fsp3) is 0.300. The van der Waals surface area contributed by atoms with Crippen molar-refractivity contribution < 1.29 is 9.18 Å². The minimum atomic E-state index is -0.258. The van der Waals surface area contributed by atoms with Crippen molar-refractivity contribution in [2.75, 3.05) is 5.32 Å². The monoisotopic (exact) mass is 194 g/mol. The minimum Gasteiger partial charge on any atom is -0.365 e. The summed E-state index contributed by atoms with van der Waals surface area (Å²) in [5.41, 5.74) is 0.818. The summed E-state index contributed by atoms with van der Waals surface area (Å²) in [5, 5.41) is 5.87. The van der Waals surface area contributed by atoms with Crippen molar-refractivity contribution in [3.05, 3.63) is 30.1 Å². The summed E-state index contributed by atoms with van der Waals surface area (Å²) >= 11 is 0. The molecule has 1 heterocycles. The van der Waals surface area contributed by atoms with E-state index >= 15 is 0 Å². The minimum absolute atomic E-state index is 0.0204.